The second kappa shape index (κ2) is 8.16. The van der Waals surface area contributed by atoms with E-state index >= 15 is 0 Å². The molecule has 0 amide bonds. The van der Waals surface area contributed by atoms with Crippen LogP contribution in [0.3, 0.4) is 0 Å². The highest BCUT2D eigenvalue weighted by molar-refractivity contribution is 5.39. The van der Waals surface area contributed by atoms with Gasteiger partial charge in [0.1, 0.15) is 5.82 Å². The van der Waals surface area contributed by atoms with E-state index in [-0.39, 0.29) is 0 Å². The Morgan fingerprint density at radius 1 is 1.11 bits per heavy atom. The smallest absolute Gasteiger partial charge is 0.128 e. The monoisotopic (exact) mass is 261 g/mol. The summed E-state index contributed by atoms with van der Waals surface area (Å²) in [4.78, 5) is 7.20. The van der Waals surface area contributed by atoms with Crippen molar-refractivity contribution in [1.29, 1.82) is 0 Å². The van der Waals surface area contributed by atoms with E-state index in [4.69, 9.17) is 4.98 Å². The number of rotatable bonds is 7. The summed E-state index contributed by atoms with van der Waals surface area (Å²) in [5, 5.41) is 3.38. The molecule has 19 heavy (non-hydrogen) atoms. The second-order valence-electron chi connectivity index (χ2n) is 5.39. The van der Waals surface area contributed by atoms with Crippen molar-refractivity contribution in [3.05, 3.63) is 23.9 Å². The third-order valence-electron chi connectivity index (χ3n) is 3.77. The lowest BCUT2D eigenvalue weighted by Crippen LogP contribution is -2.43. The van der Waals surface area contributed by atoms with E-state index in [1.165, 1.54) is 37.8 Å². The predicted octanol–water partition coefficient (Wildman–Crippen LogP) is 3.00. The van der Waals surface area contributed by atoms with Crippen molar-refractivity contribution in [3.8, 4) is 0 Å². The Morgan fingerprint density at radius 3 is 2.68 bits per heavy atom. The van der Waals surface area contributed by atoms with Gasteiger partial charge < -0.3 is 10.2 Å². The molecule has 1 aromatic rings. The van der Waals surface area contributed by atoms with Crippen molar-refractivity contribution < 1.29 is 0 Å². The first-order valence-electron chi connectivity index (χ1n) is 7.82. The van der Waals surface area contributed by atoms with Crippen LogP contribution in [0.15, 0.2) is 18.2 Å². The van der Waals surface area contributed by atoms with Crippen LogP contribution >= 0.6 is 0 Å². The predicted molar refractivity (Wildman–Crippen MR) is 81.8 cm³/mol. The number of nitrogens with zero attached hydrogens (tertiary/aromatic N) is 2. The maximum Gasteiger partial charge on any atom is 0.128 e. The molecule has 0 unspecified atom stereocenters. The molecule has 1 aliphatic rings. The van der Waals surface area contributed by atoms with Crippen molar-refractivity contribution >= 4 is 5.82 Å². The molecule has 2 rings (SSSR count). The molecule has 0 bridgehead atoms. The lowest BCUT2D eigenvalue weighted by atomic mass is 10.1. The number of aryl methyl sites for hydroxylation is 1. The number of hydrogen-bond donors (Lipinski definition) is 1. The molecule has 0 spiro atoms. The Balaban J connectivity index is 1.81. The fourth-order valence-corrected chi connectivity index (χ4v) is 2.59. The molecular formula is C16H27N3. The van der Waals surface area contributed by atoms with Gasteiger partial charge in [0.15, 0.2) is 0 Å². The Kier molecular flexibility index (Phi) is 6.15. The molecule has 106 valence electrons. The molecule has 1 aromatic heterocycles. The number of unbranched alkanes of at least 4 members (excludes halogenated alkanes) is 4. The average Bonchev–Trinajstić information content (AvgIpc) is 2.48. The molecule has 3 heteroatoms. The van der Waals surface area contributed by atoms with Crippen LogP contribution in [0.4, 0.5) is 5.82 Å². The van der Waals surface area contributed by atoms with Crippen LogP contribution in [0.1, 0.15) is 44.7 Å². The molecule has 0 aromatic carbocycles. The number of pyridine rings is 1. The molecule has 1 fully saturated rings. The van der Waals surface area contributed by atoms with Crippen LogP contribution in [0.2, 0.25) is 0 Å². The number of hydrogen-bond acceptors (Lipinski definition) is 3. The van der Waals surface area contributed by atoms with Crippen molar-refractivity contribution in [2.24, 2.45) is 0 Å². The first-order valence-corrected chi connectivity index (χ1v) is 7.82. The summed E-state index contributed by atoms with van der Waals surface area (Å²) in [6.45, 7) is 6.56. The third-order valence-corrected chi connectivity index (χ3v) is 3.77. The fourth-order valence-electron chi connectivity index (χ4n) is 2.59. The summed E-state index contributed by atoms with van der Waals surface area (Å²) in [5.41, 5.74) is 1.26. The first-order chi connectivity index (χ1) is 9.40. The van der Waals surface area contributed by atoms with Crippen LogP contribution < -0.4 is 10.2 Å². The zero-order chi connectivity index (χ0) is 13.3. The molecule has 0 aliphatic carbocycles. The largest absolute Gasteiger partial charge is 0.354 e. The molecular weight excluding hydrogens is 234 g/mol. The standard InChI is InChI=1S/C16H27N3/c1-2-3-4-5-6-8-15-9-7-10-16(18-15)19-13-11-17-12-14-19/h7,9-10,17H,2-6,8,11-14H2,1H3. The van der Waals surface area contributed by atoms with Crippen molar-refractivity contribution in [2.45, 2.75) is 45.4 Å². The van der Waals surface area contributed by atoms with Crippen LogP contribution in [-0.2, 0) is 6.42 Å². The van der Waals surface area contributed by atoms with Gasteiger partial charge in [0.05, 0.1) is 0 Å². The zero-order valence-electron chi connectivity index (χ0n) is 12.2. The van der Waals surface area contributed by atoms with Crippen LogP contribution in [0.25, 0.3) is 0 Å². The summed E-state index contributed by atoms with van der Waals surface area (Å²) in [6.07, 6.45) is 7.80. The quantitative estimate of drug-likeness (QED) is 0.765. The fraction of sp³-hybridized carbons (Fsp3) is 0.688. The Morgan fingerprint density at radius 2 is 1.89 bits per heavy atom. The van der Waals surface area contributed by atoms with Crippen molar-refractivity contribution in [3.63, 3.8) is 0 Å². The Hall–Kier alpha value is -1.09. The van der Waals surface area contributed by atoms with E-state index in [9.17, 15) is 0 Å². The average molecular weight is 261 g/mol. The minimum Gasteiger partial charge on any atom is -0.354 e. The van der Waals surface area contributed by atoms with Crippen molar-refractivity contribution in [2.75, 3.05) is 31.1 Å². The molecule has 1 N–H and O–H groups in total. The van der Waals surface area contributed by atoms with Gasteiger partial charge in [-0.3, -0.25) is 0 Å². The number of piperazine rings is 1. The normalized spacial score (nSPS) is 15.7. The van der Waals surface area contributed by atoms with Crippen LogP contribution in [0, 0.1) is 0 Å². The van der Waals surface area contributed by atoms with Crippen LogP contribution in [0.5, 0.6) is 0 Å². The minimum atomic E-state index is 1.07. The molecule has 0 radical (unpaired) electrons. The third kappa shape index (κ3) is 4.83. The second-order valence-corrected chi connectivity index (χ2v) is 5.39. The molecule has 2 heterocycles. The molecule has 0 saturated carbocycles. The molecule has 1 aliphatic heterocycles. The van der Waals surface area contributed by atoms with Gasteiger partial charge in [-0.05, 0) is 25.0 Å². The van der Waals surface area contributed by atoms with Crippen LogP contribution in [-0.4, -0.2) is 31.2 Å². The summed E-state index contributed by atoms with van der Waals surface area (Å²) in [6, 6.07) is 6.48. The van der Waals surface area contributed by atoms with Gasteiger partial charge in [0.2, 0.25) is 0 Å². The lowest BCUT2D eigenvalue weighted by Gasteiger charge is -2.28. The highest BCUT2D eigenvalue weighted by Crippen LogP contribution is 2.14. The van der Waals surface area contributed by atoms with Crippen molar-refractivity contribution in [1.82, 2.24) is 10.3 Å². The van der Waals surface area contributed by atoms with E-state index in [0.29, 0.717) is 0 Å². The summed E-state index contributed by atoms with van der Waals surface area (Å²) >= 11 is 0. The number of nitrogens with one attached hydrogen (secondary N) is 1. The van der Waals surface area contributed by atoms with Gasteiger partial charge in [-0.1, -0.05) is 38.7 Å². The van der Waals surface area contributed by atoms with E-state index in [1.807, 2.05) is 0 Å². The van der Waals surface area contributed by atoms with E-state index in [0.717, 1.165) is 38.4 Å². The zero-order valence-corrected chi connectivity index (χ0v) is 12.2. The SMILES string of the molecule is CCCCCCCc1cccc(N2CCNCC2)n1. The van der Waals surface area contributed by atoms with Gasteiger partial charge in [-0.2, -0.15) is 0 Å². The maximum atomic E-state index is 4.81. The summed E-state index contributed by atoms with van der Waals surface area (Å²) < 4.78 is 0. The summed E-state index contributed by atoms with van der Waals surface area (Å²) in [5.74, 6) is 1.16. The summed E-state index contributed by atoms with van der Waals surface area (Å²) in [7, 11) is 0. The molecule has 0 atom stereocenters. The highest BCUT2D eigenvalue weighted by atomic mass is 15.2. The maximum absolute atomic E-state index is 4.81. The van der Waals surface area contributed by atoms with E-state index in [2.05, 4.69) is 35.3 Å². The van der Waals surface area contributed by atoms with E-state index < -0.39 is 0 Å². The Labute approximate surface area is 117 Å². The number of anilines is 1. The molecule has 3 nitrogen and oxygen atoms in total. The minimum absolute atomic E-state index is 1.07. The Bertz CT molecular complexity index is 359. The van der Waals surface area contributed by atoms with Gasteiger partial charge >= 0.3 is 0 Å². The van der Waals surface area contributed by atoms with Gasteiger partial charge in [-0.15, -0.1) is 0 Å². The number of aromatic nitrogens is 1. The first kappa shape index (κ1) is 14.3. The van der Waals surface area contributed by atoms with Gasteiger partial charge in [0, 0.05) is 31.9 Å². The topological polar surface area (TPSA) is 28.2 Å². The molecule has 1 saturated heterocycles. The lowest BCUT2D eigenvalue weighted by molar-refractivity contribution is 0.583. The highest BCUT2D eigenvalue weighted by Gasteiger charge is 2.11. The van der Waals surface area contributed by atoms with E-state index in [1.54, 1.807) is 0 Å². The van der Waals surface area contributed by atoms with Gasteiger partial charge in [0.25, 0.3) is 0 Å². The van der Waals surface area contributed by atoms with Gasteiger partial charge in [-0.25, -0.2) is 4.98 Å².